The highest BCUT2D eigenvalue weighted by atomic mass is 32.2. The number of carbonyl (C=O) groups excluding carboxylic acids is 1. The molecule has 0 aliphatic heterocycles. The van der Waals surface area contributed by atoms with E-state index in [-0.39, 0.29) is 18.2 Å². The van der Waals surface area contributed by atoms with Crippen molar-refractivity contribution in [3.63, 3.8) is 0 Å². The molecule has 24 heavy (non-hydrogen) atoms. The largest absolute Gasteiger partial charge is 0.350 e. The highest BCUT2D eigenvalue weighted by Gasteiger charge is 2.11. The number of fused-ring (bicyclic) bond motifs is 1. The number of benzene rings is 1. The van der Waals surface area contributed by atoms with E-state index in [1.54, 1.807) is 23.7 Å². The minimum absolute atomic E-state index is 0. The molecule has 4 N–H and O–H groups in total. The fraction of sp³-hybridized carbons (Fsp3) is 0.200. The van der Waals surface area contributed by atoms with Crippen molar-refractivity contribution in [1.29, 1.82) is 0 Å². The highest BCUT2D eigenvalue weighted by Crippen LogP contribution is 2.18. The summed E-state index contributed by atoms with van der Waals surface area (Å²) < 4.78 is 23.3. The second-order valence-corrected chi connectivity index (χ2v) is 7.39. The smallest absolute Gasteiger partial charge is 0.267 e. The zero-order valence-corrected chi connectivity index (χ0v) is 13.6. The summed E-state index contributed by atoms with van der Waals surface area (Å²) in [6.07, 6.45) is 0.587. The Balaban J connectivity index is 0.00000208. The minimum atomic E-state index is -3.68. The topological polar surface area (TPSA) is 118 Å². The molecular weight excluding hydrogens is 348 g/mol. The lowest BCUT2D eigenvalue weighted by atomic mass is 10.1. The summed E-state index contributed by atoms with van der Waals surface area (Å²) in [5.41, 5.74) is 3.81. The van der Waals surface area contributed by atoms with Crippen LogP contribution in [0.15, 0.2) is 40.7 Å². The molecule has 0 saturated heterocycles. The average Bonchev–Trinajstić information content (AvgIpc) is 3.08. The van der Waals surface area contributed by atoms with Crippen LogP contribution in [-0.2, 0) is 16.4 Å². The summed E-state index contributed by atoms with van der Waals surface area (Å²) in [4.78, 5) is 19.2. The molecule has 3 aromatic rings. The van der Waals surface area contributed by atoms with Crippen LogP contribution in [0.3, 0.4) is 0 Å². The predicted octanol–water partition coefficient (Wildman–Crippen LogP) is 1.88. The van der Waals surface area contributed by atoms with Crippen LogP contribution >= 0.6 is 11.3 Å². The van der Waals surface area contributed by atoms with Gasteiger partial charge in [0.15, 0.2) is 0 Å². The fourth-order valence-corrected chi connectivity index (χ4v) is 3.32. The standard InChI is InChI=1S/C14H14N4O3S2.CH4/c15-23(20,21)10-3-1-9(2-4-10)5-6-16-14(19)11-7-12-13(18-11)17-8-22-12;/h1-4,7-8,18H,5-6H2,(H,16,19)(H2,15,20,21);1H4. The molecular formula is C15H18N4O3S2. The SMILES string of the molecule is C.NS(=O)(=O)c1ccc(CCNC(=O)c2cc3scnc3[nH]2)cc1. The van der Waals surface area contributed by atoms with Crippen molar-refractivity contribution in [2.75, 3.05) is 6.54 Å². The summed E-state index contributed by atoms with van der Waals surface area (Å²) in [6.45, 7) is 0.438. The molecule has 0 aliphatic rings. The number of carbonyl (C=O) groups is 1. The van der Waals surface area contributed by atoms with Crippen molar-refractivity contribution < 1.29 is 13.2 Å². The minimum Gasteiger partial charge on any atom is -0.350 e. The van der Waals surface area contributed by atoms with Gasteiger partial charge in [-0.05, 0) is 30.2 Å². The third-order valence-corrected chi connectivity index (χ3v) is 5.02. The van der Waals surface area contributed by atoms with Crippen molar-refractivity contribution >= 4 is 37.6 Å². The second-order valence-electron chi connectivity index (χ2n) is 4.94. The molecule has 128 valence electrons. The number of sulfonamides is 1. The molecule has 0 spiro atoms. The zero-order chi connectivity index (χ0) is 16.4. The fourth-order valence-electron chi connectivity index (χ4n) is 2.13. The van der Waals surface area contributed by atoms with Crippen LogP contribution in [0, 0.1) is 0 Å². The van der Waals surface area contributed by atoms with E-state index in [1.165, 1.54) is 23.5 Å². The van der Waals surface area contributed by atoms with Crippen LogP contribution in [0.4, 0.5) is 0 Å². The van der Waals surface area contributed by atoms with E-state index < -0.39 is 10.0 Å². The number of primary sulfonamides is 1. The van der Waals surface area contributed by atoms with E-state index in [1.807, 2.05) is 0 Å². The van der Waals surface area contributed by atoms with Gasteiger partial charge in [0.2, 0.25) is 10.0 Å². The van der Waals surface area contributed by atoms with Crippen LogP contribution in [0.1, 0.15) is 23.5 Å². The molecule has 1 aromatic carbocycles. The van der Waals surface area contributed by atoms with Crippen LogP contribution in [0.25, 0.3) is 10.3 Å². The van der Waals surface area contributed by atoms with Gasteiger partial charge in [-0.25, -0.2) is 18.5 Å². The Labute approximate surface area is 144 Å². The molecule has 0 fully saturated rings. The maximum atomic E-state index is 12.0. The second kappa shape index (κ2) is 7.12. The first-order chi connectivity index (χ1) is 10.9. The van der Waals surface area contributed by atoms with Crippen molar-refractivity contribution in [1.82, 2.24) is 15.3 Å². The summed E-state index contributed by atoms with van der Waals surface area (Å²) in [6, 6.07) is 8.04. The third kappa shape index (κ3) is 3.99. The normalized spacial score (nSPS) is 11.2. The van der Waals surface area contributed by atoms with Crippen molar-refractivity contribution in [3.8, 4) is 0 Å². The first-order valence-electron chi connectivity index (χ1n) is 6.75. The van der Waals surface area contributed by atoms with Crippen molar-refractivity contribution in [2.45, 2.75) is 18.7 Å². The summed E-state index contributed by atoms with van der Waals surface area (Å²) >= 11 is 1.47. The predicted molar refractivity (Wildman–Crippen MR) is 94.6 cm³/mol. The van der Waals surface area contributed by atoms with Crippen LogP contribution < -0.4 is 10.5 Å². The van der Waals surface area contributed by atoms with Crippen LogP contribution in [-0.4, -0.2) is 30.8 Å². The molecule has 3 rings (SSSR count). The Kier molecular flexibility index (Phi) is 5.37. The van der Waals surface area contributed by atoms with Crippen molar-refractivity contribution in [3.05, 3.63) is 47.1 Å². The van der Waals surface area contributed by atoms with E-state index in [2.05, 4.69) is 15.3 Å². The first-order valence-corrected chi connectivity index (χ1v) is 9.18. The summed E-state index contributed by atoms with van der Waals surface area (Å²) in [5, 5.41) is 7.85. The number of nitrogens with one attached hydrogen (secondary N) is 2. The quantitative estimate of drug-likeness (QED) is 0.639. The Hall–Kier alpha value is -2.23. The van der Waals surface area contributed by atoms with Gasteiger partial charge in [0, 0.05) is 6.54 Å². The number of H-pyrrole nitrogens is 1. The van der Waals surface area contributed by atoms with Gasteiger partial charge >= 0.3 is 0 Å². The number of thiazole rings is 1. The number of rotatable bonds is 5. The van der Waals surface area contributed by atoms with Gasteiger partial charge in [-0.3, -0.25) is 4.79 Å². The van der Waals surface area contributed by atoms with E-state index in [0.717, 1.165) is 10.3 Å². The Morgan fingerprint density at radius 3 is 2.62 bits per heavy atom. The van der Waals surface area contributed by atoms with E-state index >= 15 is 0 Å². The van der Waals surface area contributed by atoms with Gasteiger partial charge in [-0.1, -0.05) is 19.6 Å². The van der Waals surface area contributed by atoms with Crippen LogP contribution in [0.2, 0.25) is 0 Å². The molecule has 9 heteroatoms. The average molecular weight is 366 g/mol. The van der Waals surface area contributed by atoms with Gasteiger partial charge in [-0.2, -0.15) is 0 Å². The summed E-state index contributed by atoms with van der Waals surface area (Å²) in [5.74, 6) is -0.198. The number of aromatic amines is 1. The number of nitrogens with two attached hydrogens (primary N) is 1. The number of aromatic nitrogens is 2. The molecule has 0 bridgehead atoms. The molecule has 2 heterocycles. The highest BCUT2D eigenvalue weighted by molar-refractivity contribution is 7.89. The molecule has 1 amide bonds. The molecule has 0 atom stereocenters. The monoisotopic (exact) mass is 366 g/mol. The number of hydrogen-bond donors (Lipinski definition) is 3. The first kappa shape index (κ1) is 18.1. The molecule has 0 unspecified atom stereocenters. The lowest BCUT2D eigenvalue weighted by Gasteiger charge is -2.05. The number of nitrogens with zero attached hydrogens (tertiary/aromatic N) is 1. The van der Waals surface area contributed by atoms with E-state index in [4.69, 9.17) is 5.14 Å². The Morgan fingerprint density at radius 1 is 1.29 bits per heavy atom. The zero-order valence-electron chi connectivity index (χ0n) is 11.9. The third-order valence-electron chi connectivity index (χ3n) is 3.32. The molecule has 0 saturated carbocycles. The maximum Gasteiger partial charge on any atom is 0.267 e. The molecule has 0 aliphatic carbocycles. The molecule has 0 radical (unpaired) electrons. The van der Waals surface area contributed by atoms with E-state index in [9.17, 15) is 13.2 Å². The Bertz CT molecular complexity index is 914. The van der Waals surface area contributed by atoms with Crippen LogP contribution in [0.5, 0.6) is 0 Å². The number of hydrogen-bond acceptors (Lipinski definition) is 5. The van der Waals surface area contributed by atoms with Crippen molar-refractivity contribution in [2.24, 2.45) is 5.14 Å². The molecule has 2 aromatic heterocycles. The Morgan fingerprint density at radius 2 is 2.00 bits per heavy atom. The van der Waals surface area contributed by atoms with E-state index in [0.29, 0.717) is 24.3 Å². The lowest BCUT2D eigenvalue weighted by molar-refractivity contribution is 0.0950. The van der Waals surface area contributed by atoms with Gasteiger partial charge in [0.25, 0.3) is 5.91 Å². The van der Waals surface area contributed by atoms with Gasteiger partial charge in [0.1, 0.15) is 11.3 Å². The summed E-state index contributed by atoms with van der Waals surface area (Å²) in [7, 11) is -3.68. The maximum absolute atomic E-state index is 12.0. The number of amides is 1. The molecule has 7 nitrogen and oxygen atoms in total. The van der Waals surface area contributed by atoms with Gasteiger partial charge in [0.05, 0.1) is 15.1 Å². The van der Waals surface area contributed by atoms with Gasteiger partial charge < -0.3 is 10.3 Å². The van der Waals surface area contributed by atoms with Gasteiger partial charge in [-0.15, -0.1) is 11.3 Å². The lowest BCUT2D eigenvalue weighted by Crippen LogP contribution is -2.26.